The van der Waals surface area contributed by atoms with Gasteiger partial charge in [-0.1, -0.05) is 19.1 Å². The van der Waals surface area contributed by atoms with Crippen LogP contribution in [-0.4, -0.2) is 51.0 Å². The van der Waals surface area contributed by atoms with Crippen molar-refractivity contribution in [2.24, 2.45) is 0 Å². The van der Waals surface area contributed by atoms with Crippen LogP contribution in [0.3, 0.4) is 0 Å². The number of fused-ring (bicyclic) bond motifs is 2. The van der Waals surface area contributed by atoms with Gasteiger partial charge in [-0.15, -0.1) is 11.8 Å². The molecular weight excluding hydrogens is 448 g/mol. The van der Waals surface area contributed by atoms with Gasteiger partial charge in [-0.3, -0.25) is 9.10 Å². The van der Waals surface area contributed by atoms with Gasteiger partial charge in [0.1, 0.15) is 0 Å². The van der Waals surface area contributed by atoms with Crippen molar-refractivity contribution in [3.63, 3.8) is 0 Å². The fourth-order valence-corrected chi connectivity index (χ4v) is 6.65. The van der Waals surface area contributed by atoms with E-state index < -0.39 is 16.0 Å². The summed E-state index contributed by atoms with van der Waals surface area (Å²) in [7, 11) is -3.40. The van der Waals surface area contributed by atoms with Gasteiger partial charge in [-0.25, -0.2) is 13.2 Å². The molecule has 2 aliphatic rings. The smallest absolute Gasteiger partial charge is 0.338 e. The van der Waals surface area contributed by atoms with Crippen molar-refractivity contribution >= 4 is 45.0 Å². The summed E-state index contributed by atoms with van der Waals surface area (Å²) >= 11 is 1.74. The average molecular weight is 475 g/mol. The van der Waals surface area contributed by atoms with Gasteiger partial charge in [-0.2, -0.15) is 0 Å². The number of hydrogen-bond acceptors (Lipinski definition) is 6. The van der Waals surface area contributed by atoms with Crippen molar-refractivity contribution in [1.29, 1.82) is 0 Å². The third kappa shape index (κ3) is 4.49. The minimum absolute atomic E-state index is 0.212. The summed E-state index contributed by atoms with van der Waals surface area (Å²) in [4.78, 5) is 28.3. The largest absolute Gasteiger partial charge is 0.452 e. The maximum atomic E-state index is 12.9. The molecule has 2 aliphatic heterocycles. The molecule has 2 heterocycles. The van der Waals surface area contributed by atoms with Gasteiger partial charge in [0.25, 0.3) is 5.91 Å². The van der Waals surface area contributed by atoms with Crippen molar-refractivity contribution in [3.05, 3.63) is 53.6 Å². The first kappa shape index (κ1) is 22.7. The second-order valence-electron chi connectivity index (χ2n) is 8.26. The first-order valence-corrected chi connectivity index (χ1v) is 13.2. The molecule has 7 nitrogen and oxygen atoms in total. The first-order chi connectivity index (χ1) is 15.1. The number of amides is 1. The maximum absolute atomic E-state index is 12.9. The molecule has 0 fully saturated rings. The van der Waals surface area contributed by atoms with Gasteiger partial charge < -0.3 is 9.64 Å². The molecule has 4 rings (SSSR count). The molecule has 0 saturated carbocycles. The molecule has 170 valence electrons. The zero-order valence-corrected chi connectivity index (χ0v) is 19.9. The van der Waals surface area contributed by atoms with Crippen LogP contribution in [-0.2, 0) is 26.0 Å². The molecule has 32 heavy (non-hydrogen) atoms. The lowest BCUT2D eigenvalue weighted by Gasteiger charge is -2.22. The Morgan fingerprint density at radius 3 is 2.62 bits per heavy atom. The van der Waals surface area contributed by atoms with Crippen molar-refractivity contribution in [2.75, 3.05) is 28.6 Å². The number of anilines is 2. The minimum Gasteiger partial charge on any atom is -0.452 e. The molecule has 0 aromatic heterocycles. The normalized spacial score (nSPS) is 20.3. The predicted molar refractivity (Wildman–Crippen MR) is 126 cm³/mol. The molecule has 2 aromatic rings. The second kappa shape index (κ2) is 8.78. The molecule has 0 saturated heterocycles. The Bertz CT molecular complexity index is 1160. The number of sulfonamides is 1. The Kier molecular flexibility index (Phi) is 6.22. The second-order valence-corrected chi connectivity index (χ2v) is 11.6. The standard InChI is InChI=1S/C23H26N2O5S2/c1-15-12-18-13-17(8-9-19(18)25(15)32(3,28)29)23(27)30-14-22(26)24-11-10-16(2)31-21-7-5-4-6-20(21)24/h4-9,13,15-16H,10-12,14H2,1-3H3. The van der Waals surface area contributed by atoms with Crippen molar-refractivity contribution in [3.8, 4) is 0 Å². The van der Waals surface area contributed by atoms with Crippen LogP contribution in [0.15, 0.2) is 47.4 Å². The van der Waals surface area contributed by atoms with Crippen LogP contribution >= 0.6 is 11.8 Å². The third-order valence-electron chi connectivity index (χ3n) is 5.70. The molecule has 9 heteroatoms. The summed E-state index contributed by atoms with van der Waals surface area (Å²) in [6.07, 6.45) is 2.54. The van der Waals surface area contributed by atoms with Crippen molar-refractivity contribution in [1.82, 2.24) is 0 Å². The van der Waals surface area contributed by atoms with Gasteiger partial charge in [0.15, 0.2) is 6.61 Å². The number of esters is 1. The number of thioether (sulfide) groups is 1. The quantitative estimate of drug-likeness (QED) is 0.631. The third-order valence-corrected chi connectivity index (χ3v) is 8.21. The van der Waals surface area contributed by atoms with Gasteiger partial charge in [-0.05, 0) is 55.7 Å². The van der Waals surface area contributed by atoms with Crippen LogP contribution in [0.25, 0.3) is 0 Å². The SMILES string of the molecule is CC1CCN(C(=O)COC(=O)c2ccc3c(c2)CC(C)N3S(C)(=O)=O)c2ccccc2S1. The number of nitrogens with zero attached hydrogens (tertiary/aromatic N) is 2. The molecule has 0 radical (unpaired) electrons. The highest BCUT2D eigenvalue weighted by Gasteiger charge is 2.33. The van der Waals surface area contributed by atoms with Crippen LogP contribution in [0.1, 0.15) is 36.2 Å². The topological polar surface area (TPSA) is 84.0 Å². The highest BCUT2D eigenvalue weighted by molar-refractivity contribution is 8.00. The van der Waals surface area contributed by atoms with Crippen LogP contribution in [0, 0.1) is 0 Å². The van der Waals surface area contributed by atoms with E-state index in [2.05, 4.69) is 6.92 Å². The van der Waals surface area contributed by atoms with E-state index in [9.17, 15) is 18.0 Å². The van der Waals surface area contributed by atoms with E-state index in [1.165, 1.54) is 10.6 Å². The van der Waals surface area contributed by atoms with Crippen molar-refractivity contribution in [2.45, 2.75) is 42.9 Å². The Morgan fingerprint density at radius 1 is 1.12 bits per heavy atom. The highest BCUT2D eigenvalue weighted by Crippen LogP contribution is 2.37. The molecule has 2 aromatic carbocycles. The van der Waals surface area contributed by atoms with Crippen LogP contribution in [0.2, 0.25) is 0 Å². The molecule has 0 aliphatic carbocycles. The zero-order valence-electron chi connectivity index (χ0n) is 18.3. The summed E-state index contributed by atoms with van der Waals surface area (Å²) in [6, 6.07) is 12.4. The van der Waals surface area contributed by atoms with Gasteiger partial charge in [0.05, 0.1) is 23.2 Å². The molecule has 2 unspecified atom stereocenters. The zero-order chi connectivity index (χ0) is 23.0. The summed E-state index contributed by atoms with van der Waals surface area (Å²) in [6.45, 7) is 4.18. The lowest BCUT2D eigenvalue weighted by atomic mass is 10.1. The Hall–Kier alpha value is -2.52. The van der Waals surface area contributed by atoms with E-state index in [1.54, 1.807) is 34.9 Å². The van der Waals surface area contributed by atoms with E-state index in [1.807, 2.05) is 31.2 Å². The predicted octanol–water partition coefficient (Wildman–Crippen LogP) is 3.47. The number of ether oxygens (including phenoxy) is 1. The number of carbonyl (C=O) groups is 2. The van der Waals surface area contributed by atoms with E-state index >= 15 is 0 Å². The Balaban J connectivity index is 1.46. The summed E-state index contributed by atoms with van der Waals surface area (Å²) < 4.78 is 30.9. The number of carbonyl (C=O) groups excluding carboxylic acids is 2. The van der Waals surface area contributed by atoms with Crippen LogP contribution < -0.4 is 9.21 Å². The van der Waals surface area contributed by atoms with Crippen LogP contribution in [0.4, 0.5) is 11.4 Å². The fraction of sp³-hybridized carbons (Fsp3) is 0.391. The number of rotatable bonds is 4. The Morgan fingerprint density at radius 2 is 1.88 bits per heavy atom. The average Bonchev–Trinajstić information content (AvgIpc) is 2.98. The van der Waals surface area contributed by atoms with Gasteiger partial charge in [0, 0.05) is 22.7 Å². The maximum Gasteiger partial charge on any atom is 0.338 e. The van der Waals surface area contributed by atoms with Crippen molar-refractivity contribution < 1.29 is 22.7 Å². The van der Waals surface area contributed by atoms with E-state index in [4.69, 9.17) is 4.74 Å². The monoisotopic (exact) mass is 474 g/mol. The minimum atomic E-state index is -3.40. The van der Waals surface area contributed by atoms with Crippen LogP contribution in [0.5, 0.6) is 0 Å². The highest BCUT2D eigenvalue weighted by atomic mass is 32.2. The first-order valence-electron chi connectivity index (χ1n) is 10.5. The summed E-state index contributed by atoms with van der Waals surface area (Å²) in [5.41, 5.74) is 2.51. The lowest BCUT2D eigenvalue weighted by Crippen LogP contribution is -2.35. The molecule has 0 N–H and O–H groups in total. The number of benzene rings is 2. The van der Waals surface area contributed by atoms with E-state index in [0.29, 0.717) is 29.5 Å². The van der Waals surface area contributed by atoms with E-state index in [-0.39, 0.29) is 18.6 Å². The lowest BCUT2D eigenvalue weighted by molar-refractivity contribution is -0.121. The molecular formula is C23H26N2O5S2. The summed E-state index contributed by atoms with van der Waals surface area (Å²) in [5, 5.41) is 0.386. The molecule has 2 atom stereocenters. The van der Waals surface area contributed by atoms with Gasteiger partial charge >= 0.3 is 5.97 Å². The Labute approximate surface area is 192 Å². The molecule has 0 bridgehead atoms. The summed E-state index contributed by atoms with van der Waals surface area (Å²) in [5.74, 6) is -0.865. The number of hydrogen-bond donors (Lipinski definition) is 0. The van der Waals surface area contributed by atoms with E-state index in [0.717, 1.165) is 22.6 Å². The molecule has 1 amide bonds. The van der Waals surface area contributed by atoms with Gasteiger partial charge in [0.2, 0.25) is 10.0 Å². The number of para-hydroxylation sites is 1. The fourth-order valence-electron chi connectivity index (χ4n) is 4.27. The molecule has 0 spiro atoms.